The zero-order valence-corrected chi connectivity index (χ0v) is 20.5. The number of esters is 2. The van der Waals surface area contributed by atoms with Crippen molar-refractivity contribution in [3.8, 4) is 0 Å². The molecular weight excluding hydrogens is 456 g/mol. The Morgan fingerprint density at radius 1 is 0.889 bits per heavy atom. The van der Waals surface area contributed by atoms with Crippen LogP contribution in [0.1, 0.15) is 24.0 Å². The van der Waals surface area contributed by atoms with E-state index in [0.717, 1.165) is 25.7 Å². The van der Waals surface area contributed by atoms with E-state index in [0.29, 0.717) is 6.61 Å². The van der Waals surface area contributed by atoms with Gasteiger partial charge in [0, 0.05) is 5.41 Å². The highest BCUT2D eigenvalue weighted by Crippen LogP contribution is 2.51. The van der Waals surface area contributed by atoms with Gasteiger partial charge in [-0.3, -0.25) is 9.59 Å². The molecule has 0 amide bonds. The zero-order valence-electron chi connectivity index (χ0n) is 20.5. The average molecular weight is 489 g/mol. The first kappa shape index (κ1) is 23.4. The first-order valence-corrected chi connectivity index (χ1v) is 12.9. The second kappa shape index (κ2) is 9.49. The lowest BCUT2D eigenvalue weighted by molar-refractivity contribution is -0.228. The van der Waals surface area contributed by atoms with Crippen molar-refractivity contribution in [3.05, 3.63) is 83.9 Å². The average Bonchev–Trinajstić information content (AvgIpc) is 3.62. The molecule has 6 heteroatoms. The van der Waals surface area contributed by atoms with Crippen LogP contribution in [0.3, 0.4) is 0 Å². The van der Waals surface area contributed by atoms with E-state index < -0.39 is 29.6 Å². The van der Waals surface area contributed by atoms with Crippen LogP contribution in [0.5, 0.6) is 0 Å². The Morgan fingerprint density at radius 3 is 2.06 bits per heavy atom. The number of hydrogen-bond donors (Lipinski definition) is 0. The topological polar surface area (TPSA) is 71.1 Å². The minimum Gasteiger partial charge on any atom is -0.469 e. The van der Waals surface area contributed by atoms with Crippen LogP contribution in [-0.2, 0) is 41.4 Å². The Kier molecular flexibility index (Phi) is 6.18. The Balaban J connectivity index is 1.35. The molecule has 4 bridgehead atoms. The molecule has 2 saturated heterocycles. The van der Waals surface area contributed by atoms with Crippen molar-refractivity contribution in [3.63, 3.8) is 0 Å². The van der Waals surface area contributed by atoms with E-state index in [1.54, 1.807) is 0 Å². The molecule has 188 valence electrons. The molecule has 6 nitrogen and oxygen atoms in total. The summed E-state index contributed by atoms with van der Waals surface area (Å²) >= 11 is 0. The highest BCUT2D eigenvalue weighted by molar-refractivity contribution is 5.84. The number of hydrogen-bond acceptors (Lipinski definition) is 6. The van der Waals surface area contributed by atoms with E-state index in [4.69, 9.17) is 18.9 Å². The fraction of sp³-hybridized carbons (Fsp3) is 0.467. The van der Waals surface area contributed by atoms with Crippen LogP contribution in [0.25, 0.3) is 0 Å². The van der Waals surface area contributed by atoms with Crippen LogP contribution in [0.15, 0.2) is 72.8 Å². The summed E-state index contributed by atoms with van der Waals surface area (Å²) in [6.45, 7) is 0.492. The predicted octanol–water partition coefficient (Wildman–Crippen LogP) is 4.13. The summed E-state index contributed by atoms with van der Waals surface area (Å²) < 4.78 is 23.7. The van der Waals surface area contributed by atoms with Crippen LogP contribution in [0.4, 0.5) is 0 Å². The molecule has 0 spiro atoms. The summed E-state index contributed by atoms with van der Waals surface area (Å²) in [5, 5.41) is 0. The van der Waals surface area contributed by atoms with Crippen LogP contribution < -0.4 is 0 Å². The van der Waals surface area contributed by atoms with Gasteiger partial charge in [-0.25, -0.2) is 0 Å². The molecule has 0 N–H and O–H groups in total. The van der Waals surface area contributed by atoms with Gasteiger partial charge in [0.2, 0.25) is 0 Å². The Labute approximate surface area is 211 Å². The number of fused-ring (bicyclic) bond motifs is 4. The van der Waals surface area contributed by atoms with Gasteiger partial charge < -0.3 is 18.9 Å². The fourth-order valence-electron chi connectivity index (χ4n) is 6.99. The van der Waals surface area contributed by atoms with Gasteiger partial charge in [0.1, 0.15) is 0 Å². The molecule has 2 aliphatic carbocycles. The molecule has 36 heavy (non-hydrogen) atoms. The summed E-state index contributed by atoms with van der Waals surface area (Å²) in [4.78, 5) is 26.5. The highest BCUT2D eigenvalue weighted by atomic mass is 16.7. The Bertz CT molecular complexity index is 1090. The molecule has 2 aliphatic heterocycles. The van der Waals surface area contributed by atoms with Crippen LogP contribution >= 0.6 is 0 Å². The Morgan fingerprint density at radius 2 is 1.47 bits per heavy atom. The van der Waals surface area contributed by atoms with E-state index in [9.17, 15) is 9.59 Å². The van der Waals surface area contributed by atoms with E-state index >= 15 is 0 Å². The zero-order chi connectivity index (χ0) is 24.7. The summed E-state index contributed by atoms with van der Waals surface area (Å²) in [5.41, 5.74) is 1.97. The molecule has 4 aliphatic rings. The van der Waals surface area contributed by atoms with Crippen molar-refractivity contribution < 1.29 is 28.5 Å². The third kappa shape index (κ3) is 4.16. The fourth-order valence-corrected chi connectivity index (χ4v) is 6.99. The quantitative estimate of drug-likeness (QED) is 0.431. The van der Waals surface area contributed by atoms with E-state index in [1.165, 1.54) is 18.2 Å². The standard InChI is InChI=1S/C30H32O6/c1-33-27(31)24-21-12-13-22(14-21)25(24)28(32)36-26-29-34-18-23(35-29)17-30(26,15-19-8-4-2-5-9-19)16-20-10-6-3-7-11-20/h2-13,21-26,29H,14-18H2,1H3/t21?,22?,23-,24?,25?,26+,29+/m0/s1. The van der Waals surface area contributed by atoms with E-state index in [2.05, 4.69) is 30.3 Å². The van der Waals surface area contributed by atoms with Gasteiger partial charge in [0.05, 0.1) is 31.7 Å². The van der Waals surface area contributed by atoms with Crippen molar-refractivity contribution in [2.45, 2.75) is 44.2 Å². The maximum atomic E-state index is 13.8. The maximum absolute atomic E-state index is 13.8. The first-order chi connectivity index (χ1) is 17.6. The molecule has 7 atom stereocenters. The van der Waals surface area contributed by atoms with Gasteiger partial charge in [-0.05, 0) is 48.6 Å². The number of methoxy groups -OCH3 is 1. The number of rotatable bonds is 7. The van der Waals surface area contributed by atoms with Gasteiger partial charge in [0.25, 0.3) is 0 Å². The monoisotopic (exact) mass is 488 g/mol. The minimum atomic E-state index is -0.620. The van der Waals surface area contributed by atoms with Gasteiger partial charge >= 0.3 is 11.9 Å². The number of carbonyl (C=O) groups is 2. The maximum Gasteiger partial charge on any atom is 0.310 e. The van der Waals surface area contributed by atoms with E-state index in [1.807, 2.05) is 42.5 Å². The van der Waals surface area contributed by atoms with Crippen LogP contribution in [0.2, 0.25) is 0 Å². The van der Waals surface area contributed by atoms with Crippen LogP contribution in [-0.4, -0.2) is 44.2 Å². The summed E-state index contributed by atoms with van der Waals surface area (Å²) in [6, 6.07) is 20.7. The molecular formula is C30H32O6. The molecule has 0 aromatic heterocycles. The van der Waals surface area contributed by atoms with Gasteiger partial charge in [-0.15, -0.1) is 0 Å². The Hall–Kier alpha value is -2.96. The molecule has 3 fully saturated rings. The first-order valence-electron chi connectivity index (χ1n) is 12.9. The highest BCUT2D eigenvalue weighted by Gasteiger charge is 2.58. The van der Waals surface area contributed by atoms with Gasteiger partial charge in [-0.2, -0.15) is 0 Å². The lowest BCUT2D eigenvalue weighted by Crippen LogP contribution is -2.54. The SMILES string of the molecule is COC(=O)C1C2C=CC(C2)C1C(=O)O[C@@H]1[C@@H]2OC[C@H](CC1(Cc1ccccc1)Cc1ccccc1)O2. The lowest BCUT2D eigenvalue weighted by Gasteiger charge is -2.46. The van der Waals surface area contributed by atoms with Gasteiger partial charge in [-0.1, -0.05) is 72.8 Å². The second-order valence-electron chi connectivity index (χ2n) is 10.7. The number of allylic oxidation sites excluding steroid dienone is 2. The van der Waals surface area contributed by atoms with Gasteiger partial charge in [0.15, 0.2) is 12.4 Å². The molecule has 6 rings (SSSR count). The van der Waals surface area contributed by atoms with Crippen LogP contribution in [0, 0.1) is 29.1 Å². The minimum absolute atomic E-state index is 0.00833. The van der Waals surface area contributed by atoms with Crippen molar-refractivity contribution in [2.24, 2.45) is 29.1 Å². The third-order valence-corrected chi connectivity index (χ3v) is 8.50. The molecule has 0 radical (unpaired) electrons. The predicted molar refractivity (Wildman–Crippen MR) is 132 cm³/mol. The summed E-state index contributed by atoms with van der Waals surface area (Å²) in [5.74, 6) is -1.73. The molecule has 2 heterocycles. The number of carbonyl (C=O) groups excluding carboxylic acids is 2. The van der Waals surface area contributed by atoms with Crippen molar-refractivity contribution in [1.29, 1.82) is 0 Å². The molecule has 1 saturated carbocycles. The van der Waals surface area contributed by atoms with Crippen molar-refractivity contribution in [1.82, 2.24) is 0 Å². The molecule has 2 aromatic carbocycles. The smallest absolute Gasteiger partial charge is 0.310 e. The molecule has 4 unspecified atom stereocenters. The number of ether oxygens (including phenoxy) is 4. The molecule has 2 aromatic rings. The van der Waals surface area contributed by atoms with Crippen molar-refractivity contribution >= 4 is 11.9 Å². The normalized spacial score (nSPS) is 33.4. The summed E-state index contributed by atoms with van der Waals surface area (Å²) in [7, 11) is 1.38. The van der Waals surface area contributed by atoms with Crippen molar-refractivity contribution in [2.75, 3.05) is 13.7 Å². The third-order valence-electron chi connectivity index (χ3n) is 8.50. The number of benzene rings is 2. The largest absolute Gasteiger partial charge is 0.469 e. The van der Waals surface area contributed by atoms with E-state index in [-0.39, 0.29) is 29.9 Å². The lowest BCUT2D eigenvalue weighted by atomic mass is 9.67. The second-order valence-corrected chi connectivity index (χ2v) is 10.7. The summed E-state index contributed by atoms with van der Waals surface area (Å²) in [6.07, 6.45) is 5.82.